The summed E-state index contributed by atoms with van der Waals surface area (Å²) < 4.78 is 111. The van der Waals surface area contributed by atoms with Crippen molar-refractivity contribution in [2.45, 2.75) is 125 Å². The minimum absolute atomic E-state index is 0.0125. The van der Waals surface area contributed by atoms with Crippen LogP contribution in [-0.2, 0) is 22.3 Å². The number of aromatic amines is 3. The molecule has 19 nitrogen and oxygen atoms in total. The molecule has 588 valence electrons. The van der Waals surface area contributed by atoms with Gasteiger partial charge in [0, 0.05) is 96.0 Å². The fourth-order valence-electron chi connectivity index (χ4n) is 11.8. The van der Waals surface area contributed by atoms with Crippen LogP contribution in [-0.4, -0.2) is 67.4 Å². The third kappa shape index (κ3) is 19.7. The van der Waals surface area contributed by atoms with Crippen LogP contribution in [0.3, 0.4) is 0 Å². The van der Waals surface area contributed by atoms with Crippen LogP contribution in [0.15, 0.2) is 149 Å². The minimum atomic E-state index is -0.733. The molecule has 12 aromatic rings. The fraction of sp³-hybridized carbons (Fsp3) is 0.232. The lowest BCUT2D eigenvalue weighted by Gasteiger charge is -2.20. The van der Waals surface area contributed by atoms with Gasteiger partial charge in [0.05, 0.1) is 91.3 Å². The first-order valence-electron chi connectivity index (χ1n) is 34.9. The second-order valence-corrected chi connectivity index (χ2v) is 30.8. The first-order valence-corrected chi connectivity index (χ1v) is 36.8. The van der Waals surface area contributed by atoms with E-state index in [1.807, 2.05) is 59.8 Å². The molecule has 113 heavy (non-hydrogen) atoms. The van der Waals surface area contributed by atoms with E-state index in [0.29, 0.717) is 66.9 Å². The van der Waals surface area contributed by atoms with Gasteiger partial charge in [-0.25, -0.2) is 59.4 Å². The number of allylic oxidation sites excluding steroid dienone is 2. The molecule has 0 saturated carbocycles. The van der Waals surface area contributed by atoms with Gasteiger partial charge < -0.3 is 40.8 Å². The molecule has 14 rings (SSSR count). The molecule has 0 amide bonds. The van der Waals surface area contributed by atoms with Gasteiger partial charge in [0.2, 0.25) is 0 Å². The molecule has 0 aliphatic heterocycles. The average Bonchev–Trinajstić information content (AvgIpc) is 1.76. The van der Waals surface area contributed by atoms with E-state index in [0.717, 1.165) is 42.0 Å². The van der Waals surface area contributed by atoms with Gasteiger partial charge in [-0.15, -0.1) is 0 Å². The Labute approximate surface area is 668 Å². The fourth-order valence-corrected chi connectivity index (χ4v) is 12.7. The summed E-state index contributed by atoms with van der Waals surface area (Å²) in [6.07, 6.45) is 14.8. The van der Waals surface area contributed by atoms with Gasteiger partial charge in [-0.1, -0.05) is 124 Å². The zero-order valence-electron chi connectivity index (χ0n) is 62.7. The molecule has 0 saturated heterocycles. The second kappa shape index (κ2) is 34.9. The summed E-state index contributed by atoms with van der Waals surface area (Å²) in [7, 11) is 0. The Kier molecular flexibility index (Phi) is 26.1. The number of fused-ring (bicyclic) bond motifs is 4. The van der Waals surface area contributed by atoms with Crippen LogP contribution in [0.2, 0.25) is 25.1 Å². The summed E-state index contributed by atoms with van der Waals surface area (Å²) >= 11 is 29.3. The Hall–Kier alpha value is -11.0. The highest BCUT2D eigenvalue weighted by atomic mass is 35.5. The summed E-state index contributed by atoms with van der Waals surface area (Å²) in [6.45, 7) is 21.8. The zero-order chi connectivity index (χ0) is 82.6. The predicted molar refractivity (Wildman–Crippen MR) is 432 cm³/mol. The molecule has 0 atom stereocenters. The average molecular weight is 1650 g/mol. The molecule has 0 radical (unpaired) electrons. The van der Waals surface area contributed by atoms with Crippen LogP contribution < -0.4 is 33.0 Å². The van der Waals surface area contributed by atoms with Crippen molar-refractivity contribution in [1.82, 2.24) is 44.0 Å². The van der Waals surface area contributed by atoms with Crippen LogP contribution in [0, 0.1) is 40.7 Å². The number of anilines is 5. The van der Waals surface area contributed by atoms with E-state index in [-0.39, 0.29) is 94.4 Å². The molecule has 0 fully saturated rings. The summed E-state index contributed by atoms with van der Waals surface area (Å²) in [5.74, 6) is -4.09. The number of H-pyrrole nitrogens is 3. The number of carbonyl (C=O) groups excluding carboxylic acids is 2. The summed E-state index contributed by atoms with van der Waals surface area (Å²) in [4.78, 5) is 86.3. The van der Waals surface area contributed by atoms with Crippen molar-refractivity contribution >= 4 is 133 Å². The van der Waals surface area contributed by atoms with Crippen LogP contribution in [0.1, 0.15) is 140 Å². The minimum Gasteiger partial charge on any atom is -0.443 e. The molecule has 9 heterocycles. The summed E-state index contributed by atoms with van der Waals surface area (Å²) in [6, 6.07) is 19.5. The number of carbonyl (C=O) groups is 2. The van der Waals surface area contributed by atoms with Crippen LogP contribution >= 0.6 is 58.0 Å². The van der Waals surface area contributed by atoms with Crippen molar-refractivity contribution in [2.75, 3.05) is 16.4 Å². The Balaban J connectivity index is 0.000000157. The zero-order valence-corrected chi connectivity index (χ0v) is 66.4. The van der Waals surface area contributed by atoms with E-state index in [9.17, 15) is 50.3 Å². The van der Waals surface area contributed by atoms with E-state index in [1.165, 1.54) is 113 Å². The molecule has 31 heteroatoms. The Morgan fingerprint density at radius 2 is 0.814 bits per heavy atom. The summed E-state index contributed by atoms with van der Waals surface area (Å²) in [5, 5.41) is 7.90. The predicted octanol–water partition coefficient (Wildman–Crippen LogP) is 22.4. The van der Waals surface area contributed by atoms with Crippen LogP contribution in [0.25, 0.3) is 67.6 Å². The van der Waals surface area contributed by atoms with Crippen molar-refractivity contribution in [2.24, 2.45) is 0 Å². The SMILES string of the molecule is CC(C)(C)OC(=O)n1ccc2c(Cl)c(F)cnc21.CC(C)c1[nH]c(=O)c(-c2cc(Cl)ccc2F)cc1N.CC(C)c1[nH]c(=O)c(-c2cc(Cl)ccc2F)cc1Nc1c(F)cnc2c1C=CC2.CC(C)c1[nH]c(=O)c(-c2cc(Cl)ccc2F)cc1Nc1c(F)cnc2c1ccn2C(=O)OC(C)(C)C.Fc1cnc2c(c1Cl)C=CC2. The summed E-state index contributed by atoms with van der Waals surface area (Å²) in [5.41, 5.74) is 10.6. The van der Waals surface area contributed by atoms with Gasteiger partial charge in [0.1, 0.15) is 28.7 Å². The molecular formula is C82H74Cl5F7N12O7. The molecular weight excluding hydrogens is 1580 g/mol. The molecule has 0 spiro atoms. The van der Waals surface area contributed by atoms with Crippen molar-refractivity contribution < 1.29 is 49.8 Å². The molecule has 2 aliphatic carbocycles. The maximum absolute atomic E-state index is 15.0. The van der Waals surface area contributed by atoms with E-state index in [4.69, 9.17) is 73.2 Å². The van der Waals surface area contributed by atoms with Crippen molar-refractivity contribution in [3.8, 4) is 33.4 Å². The van der Waals surface area contributed by atoms with Crippen molar-refractivity contribution in [3.05, 3.63) is 271 Å². The highest BCUT2D eigenvalue weighted by Gasteiger charge is 2.27. The smallest absolute Gasteiger partial charge is 0.420 e. The molecule has 3 aromatic carbocycles. The maximum atomic E-state index is 15.0. The molecule has 0 bridgehead atoms. The Morgan fingerprint density at radius 3 is 1.27 bits per heavy atom. The van der Waals surface area contributed by atoms with Gasteiger partial charge in [-0.3, -0.25) is 24.4 Å². The topological polar surface area (TPSA) is 263 Å². The lowest BCUT2D eigenvalue weighted by Crippen LogP contribution is -2.26. The van der Waals surface area contributed by atoms with E-state index in [2.05, 4.69) is 45.5 Å². The second-order valence-electron chi connectivity index (χ2n) is 28.7. The number of pyridine rings is 7. The Bertz CT molecular complexity index is 5950. The lowest BCUT2D eigenvalue weighted by atomic mass is 10.0. The number of halogens is 12. The Morgan fingerprint density at radius 1 is 0.451 bits per heavy atom. The number of ether oxygens (including phenoxy) is 2. The van der Waals surface area contributed by atoms with Crippen LogP contribution in [0.5, 0.6) is 0 Å². The lowest BCUT2D eigenvalue weighted by molar-refractivity contribution is 0.0532. The van der Waals surface area contributed by atoms with Gasteiger partial charge in [0.15, 0.2) is 34.6 Å². The number of hydrogen-bond acceptors (Lipinski definition) is 14. The van der Waals surface area contributed by atoms with Crippen molar-refractivity contribution in [3.63, 3.8) is 0 Å². The van der Waals surface area contributed by atoms with E-state index >= 15 is 4.39 Å². The number of hydrogen-bond donors (Lipinski definition) is 6. The van der Waals surface area contributed by atoms with Gasteiger partial charge >= 0.3 is 12.2 Å². The number of nitrogen functional groups attached to an aromatic ring is 1. The molecule has 0 unspecified atom stereocenters. The first-order chi connectivity index (χ1) is 53.2. The van der Waals surface area contributed by atoms with Gasteiger partial charge in [0.25, 0.3) is 16.7 Å². The molecule has 9 aromatic heterocycles. The number of nitrogens with zero attached hydrogens (tertiary/aromatic N) is 6. The highest BCUT2D eigenvalue weighted by molar-refractivity contribution is 6.35. The number of rotatable bonds is 10. The maximum Gasteiger partial charge on any atom is 0.420 e. The van der Waals surface area contributed by atoms with Gasteiger partial charge in [-0.2, -0.15) is 0 Å². The molecule has 2 aliphatic rings. The number of nitrogens with two attached hydrogens (primary N) is 1. The largest absolute Gasteiger partial charge is 0.443 e. The highest BCUT2D eigenvalue weighted by Crippen LogP contribution is 2.39. The van der Waals surface area contributed by atoms with Crippen LogP contribution in [0.4, 0.5) is 68.8 Å². The quantitative estimate of drug-likeness (QED) is 0.0696. The van der Waals surface area contributed by atoms with Crippen molar-refractivity contribution in [1.29, 1.82) is 0 Å². The van der Waals surface area contributed by atoms with E-state index in [1.54, 1.807) is 47.6 Å². The molecule has 7 N–H and O–H groups in total. The third-order valence-corrected chi connectivity index (χ3v) is 18.5. The monoisotopic (exact) mass is 1650 g/mol. The van der Waals surface area contributed by atoms with E-state index < -0.39 is 75.2 Å². The third-order valence-electron chi connectivity index (χ3n) is 17.0. The number of nitrogens with one attached hydrogen (secondary N) is 5. The number of aromatic nitrogens is 9. The standard InChI is InChI=1S/C26H25ClF2N4O3.C22H18ClF2N3O.C14H14ClFN2O.C12H12ClFN2O2.C8H5ClFN/c1-13(2)21-20(11-17(24(34)32-21)16-10-14(27)6-7-18(16)28)31-22-15-8-9-33(23(15)30-12-19(22)29)25(35)36-26(3,4)5;1-11(2)20-19(27-21-13-4-3-5-18(13)26-10-17(21)25)9-15(22(29)28-20)14-8-12(23)6-7-16(14)24;1-7(2)13-12(17)6-10(14(19)18-13)9-5-8(15)3-4-11(9)16;1-12(2,3)18-11(17)16-5-4-7-9(13)8(14)6-15-10(7)16;9-8-5-2-1-3-7(5)11-4-6(8)10/h6-13H,1-5H3,(H,30,31)(H,32,34);3-4,6-11H,5H2,1-2H3,(H,26,27)(H,28,29);3-7H,17H2,1-2H3,(H,18,19);4-6H,1-3H3;1-2,4H,3H2. The number of benzene rings is 3. The first kappa shape index (κ1) is 84.4. The normalized spacial score (nSPS) is 12.0. The van der Waals surface area contributed by atoms with Gasteiger partial charge in [-0.05, 0) is 144 Å².